The van der Waals surface area contributed by atoms with Crippen LogP contribution in [0.4, 0.5) is 34.1 Å². The molecule has 4 heteroatoms. The summed E-state index contributed by atoms with van der Waals surface area (Å²) in [5, 5.41) is 0.680. The van der Waals surface area contributed by atoms with E-state index in [4.69, 9.17) is 16.0 Å². The van der Waals surface area contributed by atoms with Gasteiger partial charge in [0.15, 0.2) is 0 Å². The number of halogens is 1. The fourth-order valence-electron chi connectivity index (χ4n) is 5.08. The van der Waals surface area contributed by atoms with E-state index in [1.54, 1.807) is 0 Å². The second-order valence-corrected chi connectivity index (χ2v) is 9.40. The van der Waals surface area contributed by atoms with Crippen LogP contribution in [0.15, 0.2) is 120 Å². The first-order valence-corrected chi connectivity index (χ1v) is 12.8. The molecule has 0 atom stereocenters. The van der Waals surface area contributed by atoms with Gasteiger partial charge in [-0.05, 0) is 67.8 Å². The number of furan rings is 1. The topological polar surface area (TPSA) is 19.6 Å². The van der Waals surface area contributed by atoms with Crippen LogP contribution in [-0.2, 0) is 12.8 Å². The number of fused-ring (bicyclic) bond motifs is 1. The molecule has 1 aliphatic carbocycles. The van der Waals surface area contributed by atoms with Gasteiger partial charge in [-0.3, -0.25) is 0 Å². The molecule has 0 saturated carbocycles. The van der Waals surface area contributed by atoms with Crippen LogP contribution in [0.2, 0.25) is 5.02 Å². The summed E-state index contributed by atoms with van der Waals surface area (Å²) < 4.78 is 6.07. The maximum absolute atomic E-state index is 7.33. The lowest BCUT2D eigenvalue weighted by atomic mass is 9.97. The number of hydrogen-bond acceptors (Lipinski definition) is 3. The normalized spacial score (nSPS) is 12.7. The van der Waals surface area contributed by atoms with Gasteiger partial charge in [0.1, 0.15) is 12.0 Å². The maximum Gasteiger partial charge on any atom is 0.115 e. The number of hydrogen-bond donors (Lipinski definition) is 0. The van der Waals surface area contributed by atoms with Crippen LogP contribution >= 0.6 is 11.6 Å². The second-order valence-electron chi connectivity index (χ2n) is 9.02. The molecule has 0 bridgehead atoms. The van der Waals surface area contributed by atoms with E-state index in [-0.39, 0.29) is 0 Å². The lowest BCUT2D eigenvalue weighted by molar-refractivity contribution is 0.478. The van der Waals surface area contributed by atoms with Gasteiger partial charge in [0.05, 0.1) is 22.1 Å². The first-order valence-electron chi connectivity index (χ1n) is 12.4. The van der Waals surface area contributed by atoms with Crippen molar-refractivity contribution in [1.29, 1.82) is 0 Å². The van der Waals surface area contributed by atoms with Gasteiger partial charge >= 0.3 is 0 Å². The van der Waals surface area contributed by atoms with Crippen molar-refractivity contribution in [1.82, 2.24) is 0 Å². The Morgan fingerprint density at radius 1 is 0.528 bits per heavy atom. The predicted octanol–water partition coefficient (Wildman–Crippen LogP) is 9.75. The van der Waals surface area contributed by atoms with Crippen molar-refractivity contribution < 1.29 is 4.42 Å². The van der Waals surface area contributed by atoms with Crippen molar-refractivity contribution in [3.63, 3.8) is 0 Å². The van der Waals surface area contributed by atoms with Crippen molar-refractivity contribution in [2.24, 2.45) is 0 Å². The molecular formula is C32H27ClN2O. The fraction of sp³-hybridized carbons (Fsp3) is 0.125. The highest BCUT2D eigenvalue weighted by molar-refractivity contribution is 6.36. The summed E-state index contributed by atoms with van der Waals surface area (Å²) in [5.41, 5.74) is 7.35. The van der Waals surface area contributed by atoms with Crippen molar-refractivity contribution in [3.05, 3.63) is 132 Å². The van der Waals surface area contributed by atoms with Crippen molar-refractivity contribution >= 4 is 45.7 Å². The molecule has 0 amide bonds. The van der Waals surface area contributed by atoms with Gasteiger partial charge in [0, 0.05) is 29.0 Å². The van der Waals surface area contributed by atoms with Crippen molar-refractivity contribution in [3.8, 4) is 0 Å². The Morgan fingerprint density at radius 2 is 1.03 bits per heavy atom. The van der Waals surface area contributed by atoms with E-state index in [2.05, 4.69) is 101 Å². The highest BCUT2D eigenvalue weighted by atomic mass is 35.5. The predicted molar refractivity (Wildman–Crippen MR) is 150 cm³/mol. The average molecular weight is 491 g/mol. The molecular weight excluding hydrogens is 464 g/mol. The van der Waals surface area contributed by atoms with Gasteiger partial charge < -0.3 is 14.2 Å². The molecule has 0 saturated heterocycles. The molecule has 6 rings (SSSR count). The Hall–Kier alpha value is -3.95. The van der Waals surface area contributed by atoms with E-state index in [1.165, 1.54) is 18.4 Å². The van der Waals surface area contributed by atoms with Gasteiger partial charge in [-0.15, -0.1) is 0 Å². The molecule has 5 aromatic rings. The summed E-state index contributed by atoms with van der Waals surface area (Å²) in [6.07, 6.45) is 6.25. The van der Waals surface area contributed by atoms with Gasteiger partial charge in [-0.1, -0.05) is 72.3 Å². The lowest BCUT2D eigenvalue weighted by Crippen LogP contribution is -2.15. The number of para-hydroxylation sites is 3. The minimum atomic E-state index is 0.680. The third-order valence-corrected chi connectivity index (χ3v) is 7.15. The molecule has 1 aliphatic rings. The second kappa shape index (κ2) is 9.96. The fourth-order valence-corrected chi connectivity index (χ4v) is 5.38. The first kappa shape index (κ1) is 22.5. The minimum Gasteiger partial charge on any atom is -0.467 e. The molecule has 0 unspecified atom stereocenters. The largest absolute Gasteiger partial charge is 0.467 e. The number of anilines is 6. The molecule has 0 aliphatic heterocycles. The van der Waals surface area contributed by atoms with Crippen molar-refractivity contribution in [2.75, 3.05) is 9.80 Å². The first-order chi connectivity index (χ1) is 17.8. The molecule has 3 nitrogen and oxygen atoms in total. The summed E-state index contributed by atoms with van der Waals surface area (Å²) in [6, 6.07) is 37.4. The van der Waals surface area contributed by atoms with Crippen LogP contribution in [-0.4, -0.2) is 0 Å². The molecule has 1 aromatic heterocycles. The summed E-state index contributed by atoms with van der Waals surface area (Å²) in [5.74, 6) is 1.10. The van der Waals surface area contributed by atoms with Crippen LogP contribution in [0, 0.1) is 0 Å². The van der Waals surface area contributed by atoms with E-state index in [9.17, 15) is 0 Å². The zero-order valence-electron chi connectivity index (χ0n) is 20.0. The Labute approximate surface area is 217 Å². The minimum absolute atomic E-state index is 0.680. The quantitative estimate of drug-likeness (QED) is 0.236. The van der Waals surface area contributed by atoms with E-state index in [0.29, 0.717) is 5.02 Å². The van der Waals surface area contributed by atoms with Crippen LogP contribution in [0.1, 0.15) is 24.2 Å². The van der Waals surface area contributed by atoms with Crippen LogP contribution in [0.5, 0.6) is 0 Å². The molecule has 0 N–H and O–H groups in total. The summed E-state index contributed by atoms with van der Waals surface area (Å²) in [4.78, 5) is 4.45. The average Bonchev–Trinajstić information content (AvgIpc) is 3.36. The smallest absolute Gasteiger partial charge is 0.115 e. The summed E-state index contributed by atoms with van der Waals surface area (Å²) in [6.45, 7) is 0. The lowest BCUT2D eigenvalue weighted by Gasteiger charge is -2.31. The number of benzene rings is 4. The van der Waals surface area contributed by atoms with Crippen LogP contribution in [0.3, 0.4) is 0 Å². The third kappa shape index (κ3) is 4.16. The van der Waals surface area contributed by atoms with E-state index >= 15 is 0 Å². The van der Waals surface area contributed by atoms with E-state index < -0.39 is 0 Å². The van der Waals surface area contributed by atoms with Crippen LogP contribution in [0.25, 0.3) is 0 Å². The Kier molecular flexibility index (Phi) is 6.23. The molecule has 36 heavy (non-hydrogen) atoms. The van der Waals surface area contributed by atoms with Gasteiger partial charge in [-0.25, -0.2) is 0 Å². The zero-order valence-corrected chi connectivity index (χ0v) is 20.7. The standard InChI is InChI=1S/C32H27ClN2O/c33-32-28(34(24-13-4-1-5-14-24)25-15-6-2-7-16-25)20-12-21-29(32)35(26-17-8-3-9-18-26)30-23-36-31-22-11-10-19-27(30)31/h1-9,12-18,20-21,23H,10-11,19,22H2. The van der Waals surface area contributed by atoms with Crippen molar-refractivity contribution in [2.45, 2.75) is 25.7 Å². The number of nitrogens with zero attached hydrogens (tertiary/aromatic N) is 2. The summed E-state index contributed by atoms with van der Waals surface area (Å²) in [7, 11) is 0. The number of aryl methyl sites for hydroxylation is 1. The Morgan fingerprint density at radius 3 is 1.61 bits per heavy atom. The molecule has 4 aromatic carbocycles. The molecule has 0 spiro atoms. The maximum atomic E-state index is 7.33. The van der Waals surface area contributed by atoms with Gasteiger partial charge in [0.2, 0.25) is 0 Å². The molecule has 0 fully saturated rings. The summed E-state index contributed by atoms with van der Waals surface area (Å²) >= 11 is 7.33. The molecule has 0 radical (unpaired) electrons. The van der Waals surface area contributed by atoms with Crippen LogP contribution < -0.4 is 9.80 Å². The highest BCUT2D eigenvalue weighted by Crippen LogP contribution is 2.48. The third-order valence-electron chi connectivity index (χ3n) is 6.76. The Bertz CT molecular complexity index is 1410. The molecule has 1 heterocycles. The van der Waals surface area contributed by atoms with E-state index in [0.717, 1.165) is 52.7 Å². The zero-order chi connectivity index (χ0) is 24.3. The SMILES string of the molecule is Clc1c(N(c2ccccc2)c2ccccc2)cccc1N(c1ccccc1)c1coc2c1CCCC2. The highest BCUT2D eigenvalue weighted by Gasteiger charge is 2.26. The van der Waals surface area contributed by atoms with E-state index in [1.807, 2.05) is 24.5 Å². The Balaban J connectivity index is 1.54. The monoisotopic (exact) mass is 490 g/mol. The number of rotatable bonds is 6. The molecule has 178 valence electrons. The van der Waals surface area contributed by atoms with Gasteiger partial charge in [-0.2, -0.15) is 0 Å². The van der Waals surface area contributed by atoms with Gasteiger partial charge in [0.25, 0.3) is 0 Å².